The molecular weight excluding hydrogens is 616 g/mol. The lowest BCUT2D eigenvalue weighted by Crippen LogP contribution is -2.50. The van der Waals surface area contributed by atoms with Crippen LogP contribution < -0.4 is 21.2 Å². The summed E-state index contributed by atoms with van der Waals surface area (Å²) in [5, 5.41) is 8.52. The number of hydrogen-bond acceptors (Lipinski definition) is 4. The fourth-order valence-corrected chi connectivity index (χ4v) is 17.1. The van der Waals surface area contributed by atoms with E-state index in [0.29, 0.717) is 5.02 Å². The summed E-state index contributed by atoms with van der Waals surface area (Å²) < 4.78 is 32.7. The van der Waals surface area contributed by atoms with Crippen LogP contribution in [0, 0.1) is 17.8 Å². The second kappa shape index (κ2) is 11.3. The third-order valence-corrected chi connectivity index (χ3v) is 18.0. The third kappa shape index (κ3) is 4.45. The molecule has 5 aromatic carbocycles. The summed E-state index contributed by atoms with van der Waals surface area (Å²) in [6, 6.07) is 47.1. The molecule has 0 unspecified atom stereocenters. The molecule has 0 saturated heterocycles. The van der Waals surface area contributed by atoms with Gasteiger partial charge in [-0.25, -0.2) is 0 Å². The number of fused-ring (bicyclic) bond motifs is 5. The van der Waals surface area contributed by atoms with Gasteiger partial charge in [0.1, 0.15) is 20.4 Å². The van der Waals surface area contributed by atoms with Gasteiger partial charge in [0, 0.05) is 49.4 Å². The van der Waals surface area contributed by atoms with Gasteiger partial charge in [0.05, 0.1) is 5.71 Å². The molecule has 8 rings (SSSR count). The molecule has 4 nitrogen and oxygen atoms in total. The molecule has 0 N–H and O–H groups in total. The highest BCUT2D eigenvalue weighted by molar-refractivity contribution is 7.83. The van der Waals surface area contributed by atoms with Crippen LogP contribution in [0.25, 0.3) is 0 Å². The summed E-state index contributed by atoms with van der Waals surface area (Å²) in [5.41, 5.74) is 1.01. The maximum Gasteiger partial charge on any atom is 0.147 e. The molecule has 224 valence electrons. The Morgan fingerprint density at radius 2 is 0.956 bits per heavy atom. The molecule has 2 fully saturated rings. The van der Waals surface area contributed by atoms with Gasteiger partial charge in [-0.1, -0.05) is 150 Å². The van der Waals surface area contributed by atoms with Crippen molar-refractivity contribution in [2.45, 2.75) is 23.8 Å². The highest BCUT2D eigenvalue weighted by Gasteiger charge is 2.70. The van der Waals surface area contributed by atoms with Crippen molar-refractivity contribution in [3.63, 3.8) is 0 Å². The van der Waals surface area contributed by atoms with E-state index in [-0.39, 0.29) is 23.9 Å². The second-order valence-electron chi connectivity index (χ2n) is 12.3. The molecule has 3 aliphatic rings. The zero-order chi connectivity index (χ0) is 30.6. The minimum atomic E-state index is -3.39. The molecule has 2 saturated carbocycles. The molecule has 0 spiro atoms. The first-order valence-corrected chi connectivity index (χ1v) is 19.4. The van der Waals surface area contributed by atoms with Crippen LogP contribution in [0.1, 0.15) is 12.0 Å². The van der Waals surface area contributed by atoms with Gasteiger partial charge in [-0.15, -0.1) is 0 Å². The lowest BCUT2D eigenvalue weighted by atomic mass is 9.80. The fraction of sp³-hybridized carbons (Fsp3) is 0.184. The summed E-state index contributed by atoms with van der Waals surface area (Å²) in [4.78, 5) is 6.32. The molecule has 45 heavy (non-hydrogen) atoms. The Labute approximate surface area is 268 Å². The van der Waals surface area contributed by atoms with E-state index < -0.39 is 25.6 Å². The Bertz CT molecular complexity index is 1870. The van der Waals surface area contributed by atoms with Crippen LogP contribution in [-0.2, 0) is 14.0 Å². The lowest BCUT2D eigenvalue weighted by molar-refractivity contribution is 0.0293. The molecule has 1 heterocycles. The van der Waals surface area contributed by atoms with Crippen molar-refractivity contribution in [3.8, 4) is 0 Å². The van der Waals surface area contributed by atoms with Crippen LogP contribution in [0.4, 0.5) is 0 Å². The Morgan fingerprint density at radius 3 is 1.38 bits per heavy atom. The summed E-state index contributed by atoms with van der Waals surface area (Å²) in [5.74, 6) is -0.238. The summed E-state index contributed by atoms with van der Waals surface area (Å²) in [6.07, 6.45) is 0.521. The summed E-state index contributed by atoms with van der Waals surface area (Å²) in [7, 11) is -6.76. The average molecular weight is 648 g/mol. The summed E-state index contributed by atoms with van der Waals surface area (Å²) in [6.45, 7) is 0. The van der Waals surface area contributed by atoms with Crippen molar-refractivity contribution in [2.75, 3.05) is 0 Å². The maximum absolute atomic E-state index is 16.4. The van der Waals surface area contributed by atoms with E-state index in [4.69, 9.17) is 16.4 Å². The normalized spacial score (nSPS) is 25.4. The van der Waals surface area contributed by atoms with Crippen LogP contribution in [-0.4, -0.2) is 23.1 Å². The van der Waals surface area contributed by atoms with E-state index in [1.807, 2.05) is 146 Å². The second-order valence-corrected chi connectivity index (χ2v) is 18.6. The van der Waals surface area contributed by atoms with Gasteiger partial charge in [-0.05, 0) is 30.0 Å². The quantitative estimate of drug-likeness (QED) is 0.172. The molecule has 1 aliphatic heterocycles. The zero-order valence-electron chi connectivity index (χ0n) is 24.5. The number of halogens is 1. The first-order chi connectivity index (χ1) is 22.0. The minimum Gasteiger partial charge on any atom is -0.391 e. The molecule has 5 aromatic rings. The van der Waals surface area contributed by atoms with Gasteiger partial charge < -0.3 is 14.0 Å². The monoisotopic (exact) mass is 647 g/mol. The minimum absolute atomic E-state index is 0.0612. The molecule has 2 bridgehead atoms. The zero-order valence-corrected chi connectivity index (χ0v) is 27.0. The Hall–Kier alpha value is -3.68. The number of benzene rings is 5. The van der Waals surface area contributed by atoms with Gasteiger partial charge in [-0.3, -0.25) is 0 Å². The van der Waals surface area contributed by atoms with Crippen LogP contribution >= 0.6 is 25.9 Å². The smallest absolute Gasteiger partial charge is 0.147 e. The van der Waals surface area contributed by atoms with E-state index in [1.54, 1.807) is 0 Å². The molecule has 6 atom stereocenters. The number of hydrogen-bond donors (Lipinski definition) is 0. The van der Waals surface area contributed by atoms with Gasteiger partial charge in [-0.2, -0.15) is 0 Å². The van der Waals surface area contributed by atoms with Crippen molar-refractivity contribution < 1.29 is 14.0 Å². The van der Waals surface area contributed by atoms with Crippen molar-refractivity contribution >= 4 is 52.8 Å². The number of nitrogens with zero attached hydrogens (tertiary/aromatic N) is 1. The Balaban J connectivity index is 1.38. The first-order valence-electron chi connectivity index (χ1n) is 15.4. The van der Waals surface area contributed by atoms with Gasteiger partial charge in [0.25, 0.3) is 0 Å². The van der Waals surface area contributed by atoms with Gasteiger partial charge in [0.15, 0.2) is 0 Å². The van der Waals surface area contributed by atoms with E-state index in [2.05, 4.69) is 5.16 Å². The van der Waals surface area contributed by atoms with Crippen LogP contribution in [0.15, 0.2) is 151 Å². The topological polar surface area (TPSA) is 55.7 Å². The lowest BCUT2D eigenvalue weighted by Gasteiger charge is -2.44. The SMILES string of the molecule is O=P(c1ccccc1)(c1ccccc1)[C@@H]1[C@H]2C[C@@H]([C@@H]3C(c4ccc(Cl)cc4)=NO[C@H]23)[C@H]1P(=O)(c1ccccc1)c1ccccc1. The predicted octanol–water partition coefficient (Wildman–Crippen LogP) is 7.47. The third-order valence-electron chi connectivity index (χ3n) is 10.1. The Morgan fingerprint density at radius 1 is 0.556 bits per heavy atom. The van der Waals surface area contributed by atoms with Gasteiger partial charge >= 0.3 is 0 Å². The average Bonchev–Trinajstić information content (AvgIpc) is 3.82. The first kappa shape index (κ1) is 28.8. The molecule has 0 aromatic heterocycles. The van der Waals surface area contributed by atoms with Crippen LogP contribution in [0.5, 0.6) is 0 Å². The molecule has 2 aliphatic carbocycles. The highest BCUT2D eigenvalue weighted by Crippen LogP contribution is 2.73. The van der Waals surface area contributed by atoms with E-state index >= 15 is 9.13 Å². The van der Waals surface area contributed by atoms with Crippen molar-refractivity contribution in [1.29, 1.82) is 0 Å². The molecule has 0 radical (unpaired) electrons. The van der Waals surface area contributed by atoms with Crippen LogP contribution in [0.2, 0.25) is 5.02 Å². The van der Waals surface area contributed by atoms with Crippen LogP contribution in [0.3, 0.4) is 0 Å². The highest BCUT2D eigenvalue weighted by atomic mass is 35.5. The Kier molecular flexibility index (Phi) is 7.22. The van der Waals surface area contributed by atoms with E-state index in [1.165, 1.54) is 0 Å². The van der Waals surface area contributed by atoms with Gasteiger partial charge in [0.2, 0.25) is 0 Å². The molecule has 7 heteroatoms. The molecule has 0 amide bonds. The number of rotatable bonds is 7. The maximum atomic E-state index is 16.4. The standard InChI is InChI=1S/C38H32ClNO3P2/c39-27-23-21-26(22-24-27)35-34-32-25-33(36(34)43-40-35)38(45(42,30-17-9-3-10-18-30)31-19-11-4-12-20-31)37(32)44(41,28-13-5-1-6-14-28)29-15-7-2-8-16-29/h1-24,32-34,36-38H,25H2/t32-,33-,34+,36+,37+,38+/m0/s1. The van der Waals surface area contributed by atoms with Crippen molar-refractivity contribution in [2.24, 2.45) is 22.9 Å². The number of oxime groups is 1. The molecular formula is C38H32ClNO3P2. The van der Waals surface area contributed by atoms with Crippen molar-refractivity contribution in [1.82, 2.24) is 0 Å². The largest absolute Gasteiger partial charge is 0.391 e. The summed E-state index contributed by atoms with van der Waals surface area (Å²) >= 11 is 6.26. The van der Waals surface area contributed by atoms with E-state index in [0.717, 1.165) is 38.9 Å². The van der Waals surface area contributed by atoms with Crippen molar-refractivity contribution in [3.05, 3.63) is 156 Å². The predicted molar refractivity (Wildman–Crippen MR) is 185 cm³/mol. The van der Waals surface area contributed by atoms with E-state index in [9.17, 15) is 0 Å². The fourth-order valence-electron chi connectivity index (χ4n) is 8.40.